The van der Waals surface area contributed by atoms with Crippen molar-refractivity contribution in [2.75, 3.05) is 20.2 Å². The summed E-state index contributed by atoms with van der Waals surface area (Å²) in [5.41, 5.74) is 1.16. The number of rotatable bonds is 7. The Kier molecular flexibility index (Phi) is 7.60. The number of aromatic nitrogens is 1. The molecule has 25 heavy (non-hydrogen) atoms. The molecular formula is C19H27N3O3. The Morgan fingerprint density at radius 2 is 2.12 bits per heavy atom. The van der Waals surface area contributed by atoms with Crippen molar-refractivity contribution < 1.29 is 14.3 Å². The Labute approximate surface area is 149 Å². The highest BCUT2D eigenvalue weighted by Gasteiger charge is 2.21. The molecule has 0 aliphatic heterocycles. The summed E-state index contributed by atoms with van der Waals surface area (Å²) in [5, 5.41) is 5.35. The fourth-order valence-electron chi connectivity index (χ4n) is 2.96. The number of amides is 2. The topological polar surface area (TPSA) is 80.3 Å². The van der Waals surface area contributed by atoms with Crippen LogP contribution in [0.15, 0.2) is 24.5 Å². The molecule has 1 aliphatic carbocycles. The van der Waals surface area contributed by atoms with E-state index in [4.69, 9.17) is 4.74 Å². The van der Waals surface area contributed by atoms with Gasteiger partial charge in [-0.3, -0.25) is 14.6 Å². The molecule has 1 fully saturated rings. The number of carbonyl (C=O) groups excluding carboxylic acids is 2. The molecule has 1 aliphatic rings. The van der Waals surface area contributed by atoms with Crippen molar-refractivity contribution in [1.82, 2.24) is 15.6 Å². The summed E-state index contributed by atoms with van der Waals surface area (Å²) in [6.07, 6.45) is 11.3. The summed E-state index contributed by atoms with van der Waals surface area (Å²) >= 11 is 0. The zero-order valence-electron chi connectivity index (χ0n) is 15.0. The second-order valence-corrected chi connectivity index (χ2v) is 6.38. The molecule has 6 nitrogen and oxygen atoms in total. The van der Waals surface area contributed by atoms with Gasteiger partial charge in [0.2, 0.25) is 5.91 Å². The molecule has 1 aromatic heterocycles. The van der Waals surface area contributed by atoms with Crippen molar-refractivity contribution in [3.8, 4) is 0 Å². The molecule has 136 valence electrons. The largest absolute Gasteiger partial charge is 0.376 e. The molecule has 1 saturated carbocycles. The van der Waals surface area contributed by atoms with Crippen LogP contribution >= 0.6 is 0 Å². The third-order valence-corrected chi connectivity index (χ3v) is 4.44. The minimum absolute atomic E-state index is 0.189. The summed E-state index contributed by atoms with van der Waals surface area (Å²) < 4.78 is 5.87. The molecular weight excluding hydrogens is 318 g/mol. The Morgan fingerprint density at radius 3 is 2.88 bits per heavy atom. The third kappa shape index (κ3) is 6.31. The summed E-state index contributed by atoms with van der Waals surface area (Å²) in [6, 6.07) is 1.68. The fraction of sp³-hybridized carbons (Fsp3) is 0.526. The van der Waals surface area contributed by atoms with E-state index < -0.39 is 0 Å². The molecule has 1 heterocycles. The number of ether oxygens (including phenoxy) is 1. The first-order valence-electron chi connectivity index (χ1n) is 8.85. The molecule has 2 atom stereocenters. The number of nitrogens with zero attached hydrogens (tertiary/aromatic N) is 1. The van der Waals surface area contributed by atoms with Gasteiger partial charge >= 0.3 is 0 Å². The lowest BCUT2D eigenvalue weighted by Crippen LogP contribution is -2.31. The van der Waals surface area contributed by atoms with Crippen LogP contribution in [0.25, 0.3) is 6.08 Å². The molecule has 0 saturated heterocycles. The van der Waals surface area contributed by atoms with Crippen LogP contribution in [-0.2, 0) is 9.53 Å². The van der Waals surface area contributed by atoms with E-state index in [0.717, 1.165) is 6.42 Å². The van der Waals surface area contributed by atoms with E-state index in [1.165, 1.54) is 31.5 Å². The number of nitrogens with one attached hydrogen (secondary N) is 2. The SMILES string of the molecule is CNC(=O)c1cncc(C=CC(=O)NCCOC2CCCCC2C)c1. The quantitative estimate of drug-likeness (QED) is 0.586. The highest BCUT2D eigenvalue weighted by molar-refractivity contribution is 5.95. The van der Waals surface area contributed by atoms with E-state index in [1.54, 1.807) is 25.4 Å². The van der Waals surface area contributed by atoms with Gasteiger partial charge in [-0.2, -0.15) is 0 Å². The predicted octanol–water partition coefficient (Wildman–Crippen LogP) is 2.17. The van der Waals surface area contributed by atoms with Gasteiger partial charge in [0.15, 0.2) is 0 Å². The van der Waals surface area contributed by atoms with Crippen LogP contribution in [-0.4, -0.2) is 43.1 Å². The minimum Gasteiger partial charge on any atom is -0.376 e. The normalized spacial score (nSPS) is 20.4. The van der Waals surface area contributed by atoms with Crippen LogP contribution < -0.4 is 10.6 Å². The minimum atomic E-state index is -0.207. The highest BCUT2D eigenvalue weighted by atomic mass is 16.5. The van der Waals surface area contributed by atoms with Crippen molar-refractivity contribution in [1.29, 1.82) is 0 Å². The van der Waals surface area contributed by atoms with E-state index in [-0.39, 0.29) is 11.8 Å². The van der Waals surface area contributed by atoms with Gasteiger partial charge in [-0.15, -0.1) is 0 Å². The molecule has 0 radical (unpaired) electrons. The summed E-state index contributed by atoms with van der Waals surface area (Å²) in [4.78, 5) is 27.4. The van der Waals surface area contributed by atoms with E-state index in [1.807, 2.05) is 0 Å². The lowest BCUT2D eigenvalue weighted by molar-refractivity contribution is -0.116. The van der Waals surface area contributed by atoms with Gasteiger partial charge in [-0.25, -0.2) is 0 Å². The van der Waals surface area contributed by atoms with Crippen molar-refractivity contribution >= 4 is 17.9 Å². The van der Waals surface area contributed by atoms with Crippen molar-refractivity contribution in [3.05, 3.63) is 35.7 Å². The molecule has 2 amide bonds. The summed E-state index contributed by atoms with van der Waals surface area (Å²) in [7, 11) is 1.56. The fourth-order valence-corrected chi connectivity index (χ4v) is 2.96. The average molecular weight is 345 g/mol. The number of pyridine rings is 1. The first kappa shape index (κ1) is 19.1. The van der Waals surface area contributed by atoms with Crippen LogP contribution in [0.5, 0.6) is 0 Å². The van der Waals surface area contributed by atoms with Crippen molar-refractivity contribution in [2.24, 2.45) is 5.92 Å². The molecule has 0 aromatic carbocycles. The van der Waals surface area contributed by atoms with E-state index in [0.29, 0.717) is 36.3 Å². The van der Waals surface area contributed by atoms with E-state index in [9.17, 15) is 9.59 Å². The Balaban J connectivity index is 1.72. The molecule has 2 N–H and O–H groups in total. The maximum absolute atomic E-state index is 11.9. The Hall–Kier alpha value is -2.21. The second-order valence-electron chi connectivity index (χ2n) is 6.38. The smallest absolute Gasteiger partial charge is 0.252 e. The van der Waals surface area contributed by atoms with Crippen LogP contribution in [0, 0.1) is 5.92 Å². The molecule has 0 spiro atoms. The van der Waals surface area contributed by atoms with Gasteiger partial charge < -0.3 is 15.4 Å². The van der Waals surface area contributed by atoms with Gasteiger partial charge in [-0.1, -0.05) is 19.8 Å². The number of hydrogen-bond acceptors (Lipinski definition) is 4. The van der Waals surface area contributed by atoms with E-state index in [2.05, 4.69) is 22.5 Å². The van der Waals surface area contributed by atoms with Gasteiger partial charge in [0.25, 0.3) is 5.91 Å². The zero-order chi connectivity index (χ0) is 18.1. The molecule has 0 bridgehead atoms. The van der Waals surface area contributed by atoms with Gasteiger partial charge in [0.05, 0.1) is 18.3 Å². The molecule has 2 unspecified atom stereocenters. The van der Waals surface area contributed by atoms with Crippen molar-refractivity contribution in [3.63, 3.8) is 0 Å². The highest BCUT2D eigenvalue weighted by Crippen LogP contribution is 2.25. The second kappa shape index (κ2) is 9.93. The van der Waals surface area contributed by atoms with Crippen LogP contribution in [0.2, 0.25) is 0 Å². The molecule has 2 rings (SSSR count). The van der Waals surface area contributed by atoms with Crippen molar-refractivity contribution in [2.45, 2.75) is 38.7 Å². The lowest BCUT2D eigenvalue weighted by Gasteiger charge is -2.28. The summed E-state index contributed by atoms with van der Waals surface area (Å²) in [5.74, 6) is 0.205. The van der Waals surface area contributed by atoms with Gasteiger partial charge in [0.1, 0.15) is 0 Å². The predicted molar refractivity (Wildman–Crippen MR) is 97.0 cm³/mol. The number of hydrogen-bond donors (Lipinski definition) is 2. The van der Waals surface area contributed by atoms with Gasteiger partial charge in [0, 0.05) is 32.1 Å². The molecule has 1 aromatic rings. The standard InChI is InChI=1S/C19H27N3O3/c1-14-5-3-4-6-17(14)25-10-9-22-18(23)8-7-15-11-16(13-21-12-15)19(24)20-2/h7-8,11-14,17H,3-6,9-10H2,1-2H3,(H,20,24)(H,22,23). The lowest BCUT2D eigenvalue weighted by atomic mass is 9.88. The van der Waals surface area contributed by atoms with Gasteiger partial charge in [-0.05, 0) is 36.5 Å². The van der Waals surface area contributed by atoms with Crippen LogP contribution in [0.1, 0.15) is 48.5 Å². The van der Waals surface area contributed by atoms with Crippen LogP contribution in [0.4, 0.5) is 0 Å². The average Bonchev–Trinajstić information content (AvgIpc) is 2.64. The van der Waals surface area contributed by atoms with E-state index >= 15 is 0 Å². The monoisotopic (exact) mass is 345 g/mol. The van der Waals surface area contributed by atoms with Crippen LogP contribution in [0.3, 0.4) is 0 Å². The molecule has 6 heteroatoms. The number of carbonyl (C=O) groups is 2. The zero-order valence-corrected chi connectivity index (χ0v) is 15.0. The first-order valence-corrected chi connectivity index (χ1v) is 8.85. The third-order valence-electron chi connectivity index (χ3n) is 4.44. The first-order chi connectivity index (χ1) is 12.1. The Bertz CT molecular complexity index is 616. The Morgan fingerprint density at radius 1 is 1.32 bits per heavy atom. The summed E-state index contributed by atoms with van der Waals surface area (Å²) in [6.45, 7) is 3.25. The maximum Gasteiger partial charge on any atom is 0.252 e. The maximum atomic E-state index is 11.9.